The van der Waals surface area contributed by atoms with Crippen LogP contribution in [0, 0.1) is 5.92 Å². The fraction of sp³-hybridized carbons (Fsp3) is 0.438. The van der Waals surface area contributed by atoms with Crippen LogP contribution in [0.4, 0.5) is 5.69 Å². The van der Waals surface area contributed by atoms with Crippen molar-refractivity contribution in [2.45, 2.75) is 20.0 Å². The van der Waals surface area contributed by atoms with Gasteiger partial charge < -0.3 is 14.7 Å². The minimum atomic E-state index is -0.967. The van der Waals surface area contributed by atoms with Gasteiger partial charge in [0.15, 0.2) is 6.10 Å². The second-order valence-corrected chi connectivity index (χ2v) is 5.67. The zero-order valence-electron chi connectivity index (χ0n) is 13.4. The molecular weight excluding hydrogens is 300 g/mol. The molecule has 0 aromatic heterocycles. The Morgan fingerprint density at radius 3 is 2.70 bits per heavy atom. The topological polar surface area (TPSA) is 87.2 Å². The highest BCUT2D eigenvalue weighted by Crippen LogP contribution is 2.33. The number of likely N-dealkylation sites (N-methyl/N-ethyl adjacent to an activating group) is 1. The number of carbonyl (C=O) groups is 3. The van der Waals surface area contributed by atoms with Crippen molar-refractivity contribution in [2.75, 3.05) is 25.0 Å². The largest absolute Gasteiger partial charge is 0.481 e. The maximum absolute atomic E-state index is 12.3. The summed E-state index contributed by atoms with van der Waals surface area (Å²) >= 11 is 0. The average Bonchev–Trinajstić information content (AvgIpc) is 2.51. The van der Waals surface area contributed by atoms with Crippen LogP contribution in [-0.2, 0) is 14.4 Å². The van der Waals surface area contributed by atoms with Crippen LogP contribution in [0.15, 0.2) is 24.3 Å². The maximum Gasteiger partial charge on any atom is 0.308 e. The lowest BCUT2D eigenvalue weighted by molar-refractivity contribution is -0.142. The Labute approximate surface area is 134 Å². The predicted molar refractivity (Wildman–Crippen MR) is 83.3 cm³/mol. The summed E-state index contributed by atoms with van der Waals surface area (Å²) in [4.78, 5) is 38.2. The van der Waals surface area contributed by atoms with Crippen LogP contribution in [0.25, 0.3) is 0 Å². The van der Waals surface area contributed by atoms with Crippen LogP contribution >= 0.6 is 0 Å². The smallest absolute Gasteiger partial charge is 0.308 e. The van der Waals surface area contributed by atoms with E-state index in [-0.39, 0.29) is 24.9 Å². The molecule has 0 fully saturated rings. The second kappa shape index (κ2) is 6.68. The van der Waals surface area contributed by atoms with Crippen LogP contribution in [0.1, 0.15) is 13.8 Å². The molecule has 23 heavy (non-hydrogen) atoms. The van der Waals surface area contributed by atoms with E-state index in [0.717, 1.165) is 0 Å². The molecule has 0 aliphatic carbocycles. The number of anilines is 1. The summed E-state index contributed by atoms with van der Waals surface area (Å²) in [5.41, 5.74) is 0.545. The molecule has 1 heterocycles. The van der Waals surface area contributed by atoms with Gasteiger partial charge in [0.05, 0.1) is 11.6 Å². The van der Waals surface area contributed by atoms with Crippen molar-refractivity contribution in [1.82, 2.24) is 4.90 Å². The molecule has 0 saturated carbocycles. The monoisotopic (exact) mass is 320 g/mol. The molecule has 0 radical (unpaired) electrons. The zero-order chi connectivity index (χ0) is 17.1. The van der Waals surface area contributed by atoms with Gasteiger partial charge in [-0.1, -0.05) is 19.1 Å². The molecule has 1 aromatic carbocycles. The number of hydrogen-bond donors (Lipinski definition) is 1. The van der Waals surface area contributed by atoms with Crippen molar-refractivity contribution < 1.29 is 24.2 Å². The van der Waals surface area contributed by atoms with Gasteiger partial charge in [-0.3, -0.25) is 19.3 Å². The van der Waals surface area contributed by atoms with Crippen LogP contribution in [0.5, 0.6) is 5.75 Å². The first kappa shape index (κ1) is 16.8. The molecule has 2 unspecified atom stereocenters. The number of fused-ring (bicyclic) bond motifs is 1. The number of aliphatic carboxylic acids is 1. The summed E-state index contributed by atoms with van der Waals surface area (Å²) in [5.74, 6) is -1.71. The van der Waals surface area contributed by atoms with Crippen LogP contribution < -0.4 is 9.64 Å². The maximum atomic E-state index is 12.3. The van der Waals surface area contributed by atoms with E-state index < -0.39 is 18.0 Å². The van der Waals surface area contributed by atoms with Gasteiger partial charge in [-0.2, -0.15) is 0 Å². The summed E-state index contributed by atoms with van der Waals surface area (Å²) in [6.07, 6.45) is -0.666. The van der Waals surface area contributed by atoms with Gasteiger partial charge in [-0.15, -0.1) is 0 Å². The van der Waals surface area contributed by atoms with Crippen molar-refractivity contribution in [1.29, 1.82) is 0 Å². The van der Waals surface area contributed by atoms with E-state index in [1.807, 2.05) is 0 Å². The molecule has 1 aliphatic rings. The molecule has 0 spiro atoms. The number of amides is 2. The molecule has 0 bridgehead atoms. The summed E-state index contributed by atoms with van der Waals surface area (Å²) in [5, 5.41) is 8.92. The lowest BCUT2D eigenvalue weighted by Gasteiger charge is -2.33. The average molecular weight is 320 g/mol. The normalized spacial score (nSPS) is 18.0. The first-order chi connectivity index (χ1) is 10.8. The van der Waals surface area contributed by atoms with Gasteiger partial charge in [0.25, 0.3) is 5.91 Å². The number of nitrogens with zero attached hydrogens (tertiary/aromatic N) is 2. The molecule has 7 heteroatoms. The Kier molecular flexibility index (Phi) is 4.88. The van der Waals surface area contributed by atoms with Gasteiger partial charge in [0.1, 0.15) is 12.3 Å². The van der Waals surface area contributed by atoms with Crippen LogP contribution in [0.3, 0.4) is 0 Å². The highest BCUT2D eigenvalue weighted by molar-refractivity contribution is 6.03. The third-order valence-corrected chi connectivity index (χ3v) is 3.76. The Bertz CT molecular complexity index is 631. The summed E-state index contributed by atoms with van der Waals surface area (Å²) in [7, 11) is 1.53. The van der Waals surface area contributed by atoms with E-state index in [0.29, 0.717) is 11.4 Å². The first-order valence-electron chi connectivity index (χ1n) is 7.35. The van der Waals surface area contributed by atoms with Gasteiger partial charge in [-0.05, 0) is 19.1 Å². The van der Waals surface area contributed by atoms with E-state index >= 15 is 0 Å². The van der Waals surface area contributed by atoms with E-state index in [1.54, 1.807) is 31.2 Å². The lowest BCUT2D eigenvalue weighted by atomic mass is 10.1. The van der Waals surface area contributed by atoms with Gasteiger partial charge >= 0.3 is 5.97 Å². The molecular formula is C16H20N2O5. The molecule has 7 nitrogen and oxygen atoms in total. The molecule has 1 N–H and O–H groups in total. The lowest BCUT2D eigenvalue weighted by Crippen LogP contribution is -2.49. The third-order valence-electron chi connectivity index (χ3n) is 3.76. The molecule has 0 saturated heterocycles. The van der Waals surface area contributed by atoms with Gasteiger partial charge in [-0.25, -0.2) is 0 Å². The minimum absolute atomic E-state index is 0.0872. The van der Waals surface area contributed by atoms with Crippen molar-refractivity contribution in [3.8, 4) is 5.75 Å². The van der Waals surface area contributed by atoms with Crippen molar-refractivity contribution in [3.05, 3.63) is 24.3 Å². The third kappa shape index (κ3) is 3.61. The Morgan fingerprint density at radius 1 is 1.39 bits per heavy atom. The Balaban J connectivity index is 2.13. The Hall–Kier alpha value is -2.57. The van der Waals surface area contributed by atoms with Gasteiger partial charge in [0, 0.05) is 13.6 Å². The summed E-state index contributed by atoms with van der Waals surface area (Å²) < 4.78 is 5.52. The van der Waals surface area contributed by atoms with E-state index in [2.05, 4.69) is 0 Å². The molecule has 1 aromatic rings. The standard InChI is InChI=1S/C16H20N2O5/c1-10(16(21)22)8-17(3)14(19)9-18-12-6-4-5-7-13(12)23-11(2)15(18)20/h4-7,10-11H,8-9H2,1-3H3,(H,21,22). The highest BCUT2D eigenvalue weighted by atomic mass is 16.5. The van der Waals surface area contributed by atoms with E-state index in [9.17, 15) is 14.4 Å². The summed E-state index contributed by atoms with van der Waals surface area (Å²) in [6.45, 7) is 3.10. The zero-order valence-corrected chi connectivity index (χ0v) is 13.4. The number of benzene rings is 1. The molecule has 1 aliphatic heterocycles. The SMILES string of the molecule is CC(CN(C)C(=O)CN1C(=O)C(C)Oc2ccccc21)C(=O)O. The number of ether oxygens (including phenoxy) is 1. The van der Waals surface area contributed by atoms with E-state index in [1.165, 1.54) is 23.8 Å². The Morgan fingerprint density at radius 2 is 2.04 bits per heavy atom. The number of para-hydroxylation sites is 2. The van der Waals surface area contributed by atoms with Crippen molar-refractivity contribution in [2.24, 2.45) is 5.92 Å². The highest BCUT2D eigenvalue weighted by Gasteiger charge is 2.33. The van der Waals surface area contributed by atoms with Gasteiger partial charge in [0.2, 0.25) is 5.91 Å². The predicted octanol–water partition coefficient (Wildman–Crippen LogP) is 0.980. The van der Waals surface area contributed by atoms with Crippen LogP contribution in [-0.4, -0.2) is 54.0 Å². The number of hydrogen-bond acceptors (Lipinski definition) is 4. The molecule has 2 amide bonds. The number of carboxylic acid groups (broad SMARTS) is 1. The van der Waals surface area contributed by atoms with E-state index in [4.69, 9.17) is 9.84 Å². The summed E-state index contributed by atoms with van der Waals surface area (Å²) in [6, 6.07) is 7.01. The molecule has 2 rings (SSSR count). The van der Waals surface area contributed by atoms with Crippen molar-refractivity contribution in [3.63, 3.8) is 0 Å². The fourth-order valence-corrected chi connectivity index (χ4v) is 2.37. The minimum Gasteiger partial charge on any atom is -0.481 e. The van der Waals surface area contributed by atoms with Crippen LogP contribution in [0.2, 0.25) is 0 Å². The molecule has 124 valence electrons. The number of carboxylic acids is 1. The fourth-order valence-electron chi connectivity index (χ4n) is 2.37. The second-order valence-electron chi connectivity index (χ2n) is 5.67. The molecule has 2 atom stereocenters. The number of carbonyl (C=O) groups excluding carboxylic acids is 2. The first-order valence-corrected chi connectivity index (χ1v) is 7.35. The quantitative estimate of drug-likeness (QED) is 0.874. The van der Waals surface area contributed by atoms with Crippen molar-refractivity contribution >= 4 is 23.5 Å². The number of rotatable bonds is 5.